The number of hydrogen-bond donors (Lipinski definition) is 2. The van der Waals surface area contributed by atoms with Gasteiger partial charge < -0.3 is 20.1 Å². The molecule has 2 atom stereocenters. The third kappa shape index (κ3) is 3.87. The number of methoxy groups -OCH3 is 2. The molecule has 0 radical (unpaired) electrons. The second-order valence-electron chi connectivity index (χ2n) is 8.44. The fraction of sp³-hybridized carbons (Fsp3) is 0.222. The molecule has 1 aliphatic heterocycles. The Morgan fingerprint density at radius 3 is 2.44 bits per heavy atom. The first-order valence-electron chi connectivity index (χ1n) is 11.0. The molecular formula is C27H24F2N2O3. The normalized spacial score (nSPS) is 19.4. The van der Waals surface area contributed by atoms with Crippen LogP contribution in [0.15, 0.2) is 71.9 Å². The smallest absolute Gasteiger partial charge is 0.163 e. The molecule has 0 bridgehead atoms. The van der Waals surface area contributed by atoms with Crippen molar-refractivity contribution in [2.75, 3.05) is 24.9 Å². The number of rotatable bonds is 4. The molecule has 1 aliphatic carbocycles. The van der Waals surface area contributed by atoms with E-state index in [1.165, 1.54) is 0 Å². The summed E-state index contributed by atoms with van der Waals surface area (Å²) < 4.78 is 40.0. The minimum atomic E-state index is -0.831. The molecule has 34 heavy (non-hydrogen) atoms. The summed E-state index contributed by atoms with van der Waals surface area (Å²) in [5, 5.41) is 6.68. The van der Waals surface area contributed by atoms with Crippen LogP contribution in [0, 0.1) is 11.6 Å². The van der Waals surface area contributed by atoms with Gasteiger partial charge in [0, 0.05) is 34.7 Å². The van der Waals surface area contributed by atoms with E-state index in [0.717, 1.165) is 29.4 Å². The van der Waals surface area contributed by atoms with Crippen molar-refractivity contribution in [3.05, 3.63) is 94.7 Å². The lowest BCUT2D eigenvalue weighted by molar-refractivity contribution is -0.116. The summed E-state index contributed by atoms with van der Waals surface area (Å²) in [4.78, 5) is 13.6. The van der Waals surface area contributed by atoms with Crippen molar-refractivity contribution in [1.29, 1.82) is 0 Å². The SMILES string of the molecule is COc1ccc(OC)c([C@H]2CC(=O)C3=C(C2)Nc2ccccc2N[C@@H]3c2cc(F)ccc2F)c1. The van der Waals surface area contributed by atoms with Crippen LogP contribution in [0.1, 0.15) is 35.9 Å². The Morgan fingerprint density at radius 2 is 1.68 bits per heavy atom. The third-order valence-electron chi connectivity index (χ3n) is 6.45. The van der Waals surface area contributed by atoms with E-state index < -0.39 is 17.7 Å². The van der Waals surface area contributed by atoms with E-state index in [0.29, 0.717) is 34.9 Å². The van der Waals surface area contributed by atoms with Crippen molar-refractivity contribution in [2.24, 2.45) is 0 Å². The van der Waals surface area contributed by atoms with E-state index in [4.69, 9.17) is 9.47 Å². The first-order chi connectivity index (χ1) is 16.5. The average molecular weight is 462 g/mol. The second kappa shape index (κ2) is 8.82. The molecule has 5 nitrogen and oxygen atoms in total. The molecule has 0 spiro atoms. The lowest BCUT2D eigenvalue weighted by Crippen LogP contribution is -2.27. The van der Waals surface area contributed by atoms with Crippen LogP contribution in [-0.2, 0) is 4.79 Å². The summed E-state index contributed by atoms with van der Waals surface area (Å²) in [5.74, 6) is -0.113. The number of benzene rings is 3. The number of ketones is 1. The largest absolute Gasteiger partial charge is 0.497 e. The Balaban J connectivity index is 1.64. The van der Waals surface area contributed by atoms with Crippen molar-refractivity contribution < 1.29 is 23.0 Å². The number of carbonyl (C=O) groups excluding carboxylic acids is 1. The van der Waals surface area contributed by atoms with Crippen LogP contribution in [0.2, 0.25) is 0 Å². The molecule has 0 amide bonds. The lowest BCUT2D eigenvalue weighted by atomic mass is 9.78. The van der Waals surface area contributed by atoms with E-state index in [-0.39, 0.29) is 23.7 Å². The zero-order chi connectivity index (χ0) is 23.8. The maximum Gasteiger partial charge on any atom is 0.163 e. The van der Waals surface area contributed by atoms with Gasteiger partial charge in [0.15, 0.2) is 5.78 Å². The van der Waals surface area contributed by atoms with Gasteiger partial charge in [-0.2, -0.15) is 0 Å². The molecule has 0 saturated carbocycles. The van der Waals surface area contributed by atoms with Crippen molar-refractivity contribution >= 4 is 17.2 Å². The molecule has 0 saturated heterocycles. The minimum Gasteiger partial charge on any atom is -0.497 e. The zero-order valence-electron chi connectivity index (χ0n) is 18.8. The number of Topliss-reactive ketones (excluding diaryl/α,β-unsaturated/α-hetero) is 1. The Labute approximate surface area is 196 Å². The highest BCUT2D eigenvalue weighted by atomic mass is 19.1. The highest BCUT2D eigenvalue weighted by Crippen LogP contribution is 2.46. The molecule has 0 unspecified atom stereocenters. The molecule has 3 aromatic carbocycles. The first-order valence-corrected chi connectivity index (χ1v) is 11.0. The summed E-state index contributed by atoms with van der Waals surface area (Å²) in [6.07, 6.45) is 0.698. The Morgan fingerprint density at radius 1 is 0.882 bits per heavy atom. The van der Waals surface area contributed by atoms with Gasteiger partial charge in [-0.05, 0) is 55.0 Å². The maximum absolute atomic E-state index is 14.9. The fourth-order valence-corrected chi connectivity index (χ4v) is 4.84. The van der Waals surface area contributed by atoms with Crippen LogP contribution >= 0.6 is 0 Å². The van der Waals surface area contributed by atoms with Crippen LogP contribution in [0.4, 0.5) is 20.2 Å². The summed E-state index contributed by atoms with van der Waals surface area (Å²) in [6, 6.07) is 15.5. The Kier molecular flexibility index (Phi) is 5.69. The summed E-state index contributed by atoms with van der Waals surface area (Å²) in [5.41, 5.74) is 3.52. The second-order valence-corrected chi connectivity index (χ2v) is 8.44. The highest BCUT2D eigenvalue weighted by Gasteiger charge is 2.38. The molecule has 1 heterocycles. The Hall–Kier alpha value is -3.87. The quantitative estimate of drug-likeness (QED) is 0.501. The lowest BCUT2D eigenvalue weighted by Gasteiger charge is -2.30. The molecule has 3 aromatic rings. The van der Waals surface area contributed by atoms with Gasteiger partial charge in [-0.25, -0.2) is 8.78 Å². The van der Waals surface area contributed by atoms with Crippen molar-refractivity contribution in [2.45, 2.75) is 24.8 Å². The van der Waals surface area contributed by atoms with Gasteiger partial charge in [-0.1, -0.05) is 12.1 Å². The number of anilines is 2. The number of halogens is 2. The number of allylic oxidation sites excluding steroid dienone is 1. The molecular weight excluding hydrogens is 438 g/mol. The van der Waals surface area contributed by atoms with E-state index in [1.807, 2.05) is 42.5 Å². The number of fused-ring (bicyclic) bond motifs is 1. The third-order valence-corrected chi connectivity index (χ3v) is 6.45. The molecule has 5 rings (SSSR count). The van der Waals surface area contributed by atoms with Crippen molar-refractivity contribution in [3.8, 4) is 11.5 Å². The molecule has 7 heteroatoms. The monoisotopic (exact) mass is 462 g/mol. The van der Waals surface area contributed by atoms with Crippen LogP contribution in [0.3, 0.4) is 0 Å². The fourth-order valence-electron chi connectivity index (χ4n) is 4.84. The van der Waals surface area contributed by atoms with E-state index in [9.17, 15) is 13.6 Å². The molecule has 2 N–H and O–H groups in total. The topological polar surface area (TPSA) is 59.6 Å². The zero-order valence-corrected chi connectivity index (χ0v) is 18.8. The summed E-state index contributed by atoms with van der Waals surface area (Å²) in [6.45, 7) is 0. The number of carbonyl (C=O) groups is 1. The van der Waals surface area contributed by atoms with Gasteiger partial charge in [0.05, 0.1) is 31.6 Å². The number of ether oxygens (including phenoxy) is 2. The van der Waals surface area contributed by atoms with Gasteiger partial charge in [-0.3, -0.25) is 4.79 Å². The van der Waals surface area contributed by atoms with E-state index >= 15 is 0 Å². The molecule has 2 aliphatic rings. The average Bonchev–Trinajstić information content (AvgIpc) is 3.01. The number of nitrogens with one attached hydrogen (secondary N) is 2. The predicted molar refractivity (Wildman–Crippen MR) is 126 cm³/mol. The van der Waals surface area contributed by atoms with E-state index in [2.05, 4.69) is 10.6 Å². The predicted octanol–water partition coefficient (Wildman–Crippen LogP) is 5.96. The molecule has 0 aromatic heterocycles. The van der Waals surface area contributed by atoms with Gasteiger partial charge in [0.1, 0.15) is 23.1 Å². The van der Waals surface area contributed by atoms with Gasteiger partial charge in [0.25, 0.3) is 0 Å². The number of hydrogen-bond acceptors (Lipinski definition) is 5. The van der Waals surface area contributed by atoms with Gasteiger partial charge in [-0.15, -0.1) is 0 Å². The first kappa shape index (κ1) is 21.9. The van der Waals surface area contributed by atoms with Crippen molar-refractivity contribution in [3.63, 3.8) is 0 Å². The summed E-state index contributed by atoms with van der Waals surface area (Å²) >= 11 is 0. The minimum absolute atomic E-state index is 0.0942. The molecule has 174 valence electrons. The van der Waals surface area contributed by atoms with E-state index in [1.54, 1.807) is 14.2 Å². The van der Waals surface area contributed by atoms with Crippen LogP contribution < -0.4 is 20.1 Å². The molecule has 0 fully saturated rings. The van der Waals surface area contributed by atoms with Crippen molar-refractivity contribution in [1.82, 2.24) is 0 Å². The number of para-hydroxylation sites is 2. The maximum atomic E-state index is 14.9. The van der Waals surface area contributed by atoms with Crippen LogP contribution in [0.5, 0.6) is 11.5 Å². The highest BCUT2D eigenvalue weighted by molar-refractivity contribution is 6.01. The van der Waals surface area contributed by atoms with Gasteiger partial charge in [0.2, 0.25) is 0 Å². The van der Waals surface area contributed by atoms with Gasteiger partial charge >= 0.3 is 0 Å². The standard InChI is InChI=1S/C27H24F2N2O3/c1-33-17-8-10-25(34-2)18(14-17)15-11-23-26(24(32)12-15)27(19-13-16(28)7-9-20(19)29)31-22-6-4-3-5-21(22)30-23/h3-10,13-15,27,30-31H,11-12H2,1-2H3/t15-,27-/m1/s1. The summed E-state index contributed by atoms with van der Waals surface area (Å²) in [7, 11) is 3.18. The van der Waals surface area contributed by atoms with Crippen LogP contribution in [0.25, 0.3) is 0 Å². The van der Waals surface area contributed by atoms with Crippen LogP contribution in [-0.4, -0.2) is 20.0 Å². The Bertz CT molecular complexity index is 1300.